The van der Waals surface area contributed by atoms with Crippen LogP contribution in [0.5, 0.6) is 0 Å². The molecule has 3 nitrogen and oxygen atoms in total. The standard InChI is InChI=1S/C54H37N3/c1-3-14-36(15-4-1)37-26-30-41(31-27-37)56-49-23-12-9-20-44(49)54-52(56)24-13-25-53(54)57-48-22-11-8-19-43(48)46-35-39(29-33-51(46)57)38-28-32-50-45(34-38)42-18-7-10-21-47(42)55(50)40-16-5-2-6-17-40/h1-5,7-16,18-35H,6,17H2. The molecule has 57 heavy (non-hydrogen) atoms. The lowest BCUT2D eigenvalue weighted by Crippen LogP contribution is -1.98. The number of para-hydroxylation sites is 3. The van der Waals surface area contributed by atoms with Crippen molar-refractivity contribution >= 4 is 71.1 Å². The van der Waals surface area contributed by atoms with Crippen LogP contribution < -0.4 is 0 Å². The van der Waals surface area contributed by atoms with Crippen molar-refractivity contribution in [2.45, 2.75) is 12.8 Å². The van der Waals surface area contributed by atoms with E-state index in [1.165, 1.54) is 99.1 Å². The molecule has 0 spiro atoms. The fourth-order valence-electron chi connectivity index (χ4n) is 9.55. The molecule has 0 fully saturated rings. The third-order valence-corrected chi connectivity index (χ3v) is 12.1. The van der Waals surface area contributed by atoms with Crippen LogP contribution in [-0.2, 0) is 0 Å². The molecule has 1 aliphatic rings. The first-order valence-electron chi connectivity index (χ1n) is 19.9. The van der Waals surface area contributed by atoms with Crippen molar-refractivity contribution in [3.63, 3.8) is 0 Å². The number of nitrogens with zero attached hydrogens (tertiary/aromatic N) is 3. The van der Waals surface area contributed by atoms with E-state index >= 15 is 0 Å². The van der Waals surface area contributed by atoms with E-state index in [4.69, 9.17) is 0 Å². The van der Waals surface area contributed by atoms with Crippen molar-refractivity contribution < 1.29 is 0 Å². The molecule has 0 saturated heterocycles. The van der Waals surface area contributed by atoms with E-state index in [1.807, 2.05) is 0 Å². The summed E-state index contributed by atoms with van der Waals surface area (Å²) < 4.78 is 7.37. The van der Waals surface area contributed by atoms with Crippen LogP contribution in [0, 0.1) is 0 Å². The molecule has 0 aliphatic heterocycles. The predicted octanol–water partition coefficient (Wildman–Crippen LogP) is 14.5. The van der Waals surface area contributed by atoms with E-state index in [-0.39, 0.29) is 0 Å². The molecular formula is C54H37N3. The second-order valence-electron chi connectivity index (χ2n) is 15.2. The fourth-order valence-corrected chi connectivity index (χ4v) is 9.55. The van der Waals surface area contributed by atoms with Gasteiger partial charge in [0.1, 0.15) is 0 Å². The lowest BCUT2D eigenvalue weighted by atomic mass is 10.0. The van der Waals surface area contributed by atoms with Crippen molar-refractivity contribution in [2.24, 2.45) is 0 Å². The van der Waals surface area contributed by atoms with Crippen LogP contribution in [0.2, 0.25) is 0 Å². The van der Waals surface area contributed by atoms with Crippen LogP contribution in [0.4, 0.5) is 0 Å². The van der Waals surface area contributed by atoms with E-state index in [2.05, 4.69) is 214 Å². The topological polar surface area (TPSA) is 14.8 Å². The fraction of sp³-hybridized carbons (Fsp3) is 0.0370. The molecule has 0 radical (unpaired) electrons. The van der Waals surface area contributed by atoms with Gasteiger partial charge in [-0.3, -0.25) is 0 Å². The maximum absolute atomic E-state index is 2.48. The molecule has 1 aliphatic carbocycles. The summed E-state index contributed by atoms with van der Waals surface area (Å²) >= 11 is 0. The number of benzene rings is 8. The molecule has 3 heterocycles. The van der Waals surface area contributed by atoms with Crippen LogP contribution in [0.25, 0.3) is 105 Å². The monoisotopic (exact) mass is 727 g/mol. The van der Waals surface area contributed by atoms with Gasteiger partial charge in [-0.05, 0) is 108 Å². The minimum atomic E-state index is 1.04. The Kier molecular flexibility index (Phi) is 7.05. The van der Waals surface area contributed by atoms with E-state index in [0.717, 1.165) is 18.5 Å². The van der Waals surface area contributed by atoms with Gasteiger partial charge in [0.15, 0.2) is 0 Å². The predicted molar refractivity (Wildman–Crippen MR) is 242 cm³/mol. The van der Waals surface area contributed by atoms with Crippen LogP contribution in [-0.4, -0.2) is 13.7 Å². The van der Waals surface area contributed by atoms with Gasteiger partial charge in [-0.25, -0.2) is 0 Å². The molecule has 12 rings (SSSR count). The second-order valence-corrected chi connectivity index (χ2v) is 15.2. The molecule has 11 aromatic rings. The van der Waals surface area contributed by atoms with E-state index in [1.54, 1.807) is 0 Å². The molecule has 268 valence electrons. The van der Waals surface area contributed by atoms with Crippen molar-refractivity contribution in [1.82, 2.24) is 13.7 Å². The zero-order chi connectivity index (χ0) is 37.5. The summed E-state index contributed by atoms with van der Waals surface area (Å²) in [6.07, 6.45) is 8.85. The van der Waals surface area contributed by atoms with Crippen molar-refractivity contribution in [1.29, 1.82) is 0 Å². The summed E-state index contributed by atoms with van der Waals surface area (Å²) in [5, 5.41) is 7.58. The maximum atomic E-state index is 2.48. The normalized spacial score (nSPS) is 13.2. The molecule has 0 atom stereocenters. The van der Waals surface area contributed by atoms with Crippen LogP contribution in [0.15, 0.2) is 200 Å². The Morgan fingerprint density at radius 1 is 0.351 bits per heavy atom. The average Bonchev–Trinajstić information content (AvgIpc) is 3.92. The largest absolute Gasteiger partial charge is 0.313 e. The van der Waals surface area contributed by atoms with Crippen molar-refractivity contribution in [2.75, 3.05) is 0 Å². The lowest BCUT2D eigenvalue weighted by molar-refractivity contribution is 0.979. The van der Waals surface area contributed by atoms with Gasteiger partial charge in [-0.15, -0.1) is 0 Å². The summed E-state index contributed by atoms with van der Waals surface area (Å²) in [7, 11) is 0. The zero-order valence-corrected chi connectivity index (χ0v) is 31.3. The molecule has 3 heteroatoms. The maximum Gasteiger partial charge on any atom is 0.0562 e. The number of rotatable bonds is 5. The molecule has 0 amide bonds. The third-order valence-electron chi connectivity index (χ3n) is 12.1. The van der Waals surface area contributed by atoms with Crippen LogP contribution in [0.3, 0.4) is 0 Å². The van der Waals surface area contributed by atoms with Crippen LogP contribution in [0.1, 0.15) is 12.8 Å². The Morgan fingerprint density at radius 2 is 0.877 bits per heavy atom. The first-order valence-corrected chi connectivity index (χ1v) is 19.9. The smallest absolute Gasteiger partial charge is 0.0562 e. The molecule has 0 bridgehead atoms. The number of aromatic nitrogens is 3. The summed E-state index contributed by atoms with van der Waals surface area (Å²) in [6, 6.07) is 67.0. The summed E-state index contributed by atoms with van der Waals surface area (Å²) in [4.78, 5) is 0. The summed E-state index contributed by atoms with van der Waals surface area (Å²) in [5.41, 5.74) is 15.9. The number of hydrogen-bond donors (Lipinski definition) is 0. The highest BCUT2D eigenvalue weighted by Crippen LogP contribution is 2.42. The van der Waals surface area contributed by atoms with E-state index in [9.17, 15) is 0 Å². The summed E-state index contributed by atoms with van der Waals surface area (Å²) in [6.45, 7) is 0. The minimum Gasteiger partial charge on any atom is -0.313 e. The Hall–Kier alpha value is -7.36. The van der Waals surface area contributed by atoms with Gasteiger partial charge < -0.3 is 13.7 Å². The molecule has 0 unspecified atom stereocenters. The van der Waals surface area contributed by atoms with Crippen molar-refractivity contribution in [3.05, 3.63) is 200 Å². The first-order chi connectivity index (χ1) is 28.3. The van der Waals surface area contributed by atoms with Gasteiger partial charge in [0, 0.05) is 43.7 Å². The Morgan fingerprint density at radius 3 is 1.54 bits per heavy atom. The highest BCUT2D eigenvalue weighted by Gasteiger charge is 2.21. The van der Waals surface area contributed by atoms with Crippen molar-refractivity contribution in [3.8, 4) is 33.6 Å². The number of allylic oxidation sites excluding steroid dienone is 4. The number of fused-ring (bicyclic) bond motifs is 9. The van der Waals surface area contributed by atoms with Gasteiger partial charge >= 0.3 is 0 Å². The SMILES string of the molecule is C1=CCCC(n2c3ccccc3c3cc(-c4ccc5c(c4)c4ccccc4n5-c4cccc5c4c4ccccc4n5-c4ccc(-c5ccccc5)cc4)ccc32)=C1. The molecular weight excluding hydrogens is 691 g/mol. The Labute approximate surface area is 330 Å². The molecule has 0 N–H and O–H groups in total. The molecule has 8 aromatic carbocycles. The quantitative estimate of drug-likeness (QED) is 0.168. The highest BCUT2D eigenvalue weighted by atomic mass is 15.0. The molecule has 3 aromatic heterocycles. The van der Waals surface area contributed by atoms with E-state index < -0.39 is 0 Å². The average molecular weight is 728 g/mol. The van der Waals surface area contributed by atoms with Gasteiger partial charge in [0.2, 0.25) is 0 Å². The van der Waals surface area contributed by atoms with Gasteiger partial charge in [-0.1, -0.05) is 127 Å². The van der Waals surface area contributed by atoms with E-state index in [0.29, 0.717) is 0 Å². The minimum absolute atomic E-state index is 1.04. The van der Waals surface area contributed by atoms with Gasteiger partial charge in [0.05, 0.1) is 38.8 Å². The highest BCUT2D eigenvalue weighted by molar-refractivity contribution is 6.17. The molecule has 0 saturated carbocycles. The Balaban J connectivity index is 1.04. The lowest BCUT2D eigenvalue weighted by Gasteiger charge is -2.14. The van der Waals surface area contributed by atoms with Crippen LogP contribution >= 0.6 is 0 Å². The second kappa shape index (κ2) is 12.6. The number of hydrogen-bond acceptors (Lipinski definition) is 0. The first kappa shape index (κ1) is 31.9. The van der Waals surface area contributed by atoms with Gasteiger partial charge in [0.25, 0.3) is 0 Å². The zero-order valence-electron chi connectivity index (χ0n) is 31.3. The Bertz CT molecular complexity index is 3440. The van der Waals surface area contributed by atoms with Gasteiger partial charge in [-0.2, -0.15) is 0 Å². The summed E-state index contributed by atoms with van der Waals surface area (Å²) in [5.74, 6) is 0. The third kappa shape index (κ3) is 4.85.